The number of aryl methyl sites for hydroxylation is 2. The summed E-state index contributed by atoms with van der Waals surface area (Å²) in [6.45, 7) is 5.11. The minimum absolute atomic E-state index is 0.0445. The SMILES string of the molecule is CCCNC(c1cn(C)nc1C)c1occc1Br. The van der Waals surface area contributed by atoms with Gasteiger partial charge in [0.2, 0.25) is 0 Å². The van der Waals surface area contributed by atoms with Gasteiger partial charge in [0.1, 0.15) is 5.76 Å². The van der Waals surface area contributed by atoms with E-state index in [1.807, 2.05) is 30.9 Å². The van der Waals surface area contributed by atoms with E-state index in [0.29, 0.717) is 0 Å². The van der Waals surface area contributed by atoms with Crippen LogP contribution in [0.15, 0.2) is 27.4 Å². The maximum absolute atomic E-state index is 5.60. The lowest BCUT2D eigenvalue weighted by atomic mass is 10.1. The van der Waals surface area contributed by atoms with Crippen molar-refractivity contribution < 1.29 is 4.42 Å². The first-order valence-corrected chi connectivity index (χ1v) is 6.89. The summed E-state index contributed by atoms with van der Waals surface area (Å²) < 4.78 is 8.42. The van der Waals surface area contributed by atoms with Crippen LogP contribution in [0.2, 0.25) is 0 Å². The third kappa shape index (κ3) is 2.67. The zero-order valence-corrected chi connectivity index (χ0v) is 12.5. The van der Waals surface area contributed by atoms with Crippen molar-refractivity contribution >= 4 is 15.9 Å². The van der Waals surface area contributed by atoms with Gasteiger partial charge in [0.15, 0.2) is 0 Å². The first-order chi connectivity index (χ1) is 8.63. The number of hydrogen-bond acceptors (Lipinski definition) is 3. The van der Waals surface area contributed by atoms with Gasteiger partial charge in [-0.25, -0.2) is 0 Å². The zero-order chi connectivity index (χ0) is 13.1. The fourth-order valence-corrected chi connectivity index (χ4v) is 2.48. The maximum Gasteiger partial charge on any atom is 0.139 e. The van der Waals surface area contributed by atoms with Crippen molar-refractivity contribution in [1.29, 1.82) is 0 Å². The first kappa shape index (κ1) is 13.4. The molecule has 5 heteroatoms. The standard InChI is InChI=1S/C13H18BrN3O/c1-4-6-15-12(13-11(14)5-7-18-13)10-8-17(3)16-9(10)2/h5,7-8,12,15H,4,6H2,1-3H3. The molecule has 0 saturated carbocycles. The number of nitrogens with zero attached hydrogens (tertiary/aromatic N) is 2. The summed E-state index contributed by atoms with van der Waals surface area (Å²) in [5, 5.41) is 7.91. The average molecular weight is 312 g/mol. The Morgan fingerprint density at radius 2 is 2.33 bits per heavy atom. The smallest absolute Gasteiger partial charge is 0.139 e. The molecular formula is C13H18BrN3O. The van der Waals surface area contributed by atoms with E-state index in [-0.39, 0.29) is 6.04 Å². The molecule has 0 fully saturated rings. The highest BCUT2D eigenvalue weighted by Crippen LogP contribution is 2.30. The van der Waals surface area contributed by atoms with Crippen LogP contribution in [0.5, 0.6) is 0 Å². The second kappa shape index (κ2) is 5.71. The highest BCUT2D eigenvalue weighted by atomic mass is 79.9. The van der Waals surface area contributed by atoms with E-state index in [4.69, 9.17) is 4.42 Å². The van der Waals surface area contributed by atoms with E-state index in [1.54, 1.807) is 6.26 Å². The van der Waals surface area contributed by atoms with E-state index in [9.17, 15) is 0 Å². The molecule has 2 aromatic heterocycles. The zero-order valence-electron chi connectivity index (χ0n) is 10.9. The summed E-state index contributed by atoms with van der Waals surface area (Å²) in [4.78, 5) is 0. The van der Waals surface area contributed by atoms with Crippen LogP contribution < -0.4 is 5.32 Å². The molecule has 2 aromatic rings. The van der Waals surface area contributed by atoms with Crippen LogP contribution in [0.1, 0.15) is 36.4 Å². The van der Waals surface area contributed by atoms with Crippen LogP contribution in [0.4, 0.5) is 0 Å². The normalized spacial score (nSPS) is 12.9. The Morgan fingerprint density at radius 1 is 1.56 bits per heavy atom. The summed E-state index contributed by atoms with van der Waals surface area (Å²) in [6, 6.07) is 1.96. The molecule has 1 unspecified atom stereocenters. The Kier molecular flexibility index (Phi) is 4.24. The summed E-state index contributed by atoms with van der Waals surface area (Å²) in [7, 11) is 1.94. The second-order valence-corrected chi connectivity index (χ2v) is 5.22. The van der Waals surface area contributed by atoms with Gasteiger partial charge >= 0.3 is 0 Å². The fraction of sp³-hybridized carbons (Fsp3) is 0.462. The minimum Gasteiger partial charge on any atom is -0.466 e. The molecule has 0 radical (unpaired) electrons. The number of hydrogen-bond donors (Lipinski definition) is 1. The van der Waals surface area contributed by atoms with Gasteiger partial charge in [0.25, 0.3) is 0 Å². The molecule has 1 atom stereocenters. The number of nitrogens with one attached hydrogen (secondary N) is 1. The molecule has 0 amide bonds. The van der Waals surface area contributed by atoms with Gasteiger partial charge in [-0.3, -0.25) is 4.68 Å². The Balaban J connectivity index is 2.37. The molecule has 0 aliphatic carbocycles. The molecule has 98 valence electrons. The van der Waals surface area contributed by atoms with Gasteiger partial charge in [-0.05, 0) is 41.9 Å². The molecule has 4 nitrogen and oxygen atoms in total. The monoisotopic (exact) mass is 311 g/mol. The molecule has 0 saturated heterocycles. The van der Waals surface area contributed by atoms with Crippen LogP contribution in [-0.2, 0) is 7.05 Å². The lowest BCUT2D eigenvalue weighted by Gasteiger charge is -2.16. The van der Waals surface area contributed by atoms with Crippen LogP contribution in [0.3, 0.4) is 0 Å². The highest BCUT2D eigenvalue weighted by molar-refractivity contribution is 9.10. The fourth-order valence-electron chi connectivity index (χ4n) is 2.05. The first-order valence-electron chi connectivity index (χ1n) is 6.10. The quantitative estimate of drug-likeness (QED) is 0.922. The summed E-state index contributed by atoms with van der Waals surface area (Å²) in [6.07, 6.45) is 4.82. The number of rotatable bonds is 5. The number of aromatic nitrogens is 2. The van der Waals surface area contributed by atoms with Crippen molar-refractivity contribution in [2.45, 2.75) is 26.3 Å². The molecule has 0 aliphatic rings. The Labute approximate surface area is 115 Å². The topological polar surface area (TPSA) is 43.0 Å². The summed E-state index contributed by atoms with van der Waals surface area (Å²) in [5.41, 5.74) is 2.18. The predicted molar refractivity (Wildman–Crippen MR) is 74.5 cm³/mol. The molecule has 2 rings (SSSR count). The summed E-state index contributed by atoms with van der Waals surface area (Å²) in [5.74, 6) is 0.902. The van der Waals surface area contributed by atoms with E-state index in [0.717, 1.165) is 34.5 Å². The van der Waals surface area contributed by atoms with E-state index in [1.165, 1.54) is 0 Å². The predicted octanol–water partition coefficient (Wildman–Crippen LogP) is 3.17. The number of halogens is 1. The number of furan rings is 1. The Morgan fingerprint density at radius 3 is 2.83 bits per heavy atom. The van der Waals surface area contributed by atoms with Crippen LogP contribution in [-0.4, -0.2) is 16.3 Å². The average Bonchev–Trinajstić information content (AvgIpc) is 2.87. The Bertz CT molecular complexity index is 518. The van der Waals surface area contributed by atoms with Crippen molar-refractivity contribution in [3.05, 3.63) is 40.0 Å². The van der Waals surface area contributed by atoms with Crippen molar-refractivity contribution in [3.63, 3.8) is 0 Å². The lowest BCUT2D eigenvalue weighted by Crippen LogP contribution is -2.23. The molecular weight excluding hydrogens is 294 g/mol. The summed E-state index contributed by atoms with van der Waals surface area (Å²) >= 11 is 3.53. The molecule has 0 spiro atoms. The van der Waals surface area contributed by atoms with Gasteiger partial charge in [-0.1, -0.05) is 6.92 Å². The van der Waals surface area contributed by atoms with Gasteiger partial charge in [-0.2, -0.15) is 5.10 Å². The van der Waals surface area contributed by atoms with Crippen LogP contribution in [0.25, 0.3) is 0 Å². The van der Waals surface area contributed by atoms with Gasteiger partial charge in [0, 0.05) is 18.8 Å². The third-order valence-electron chi connectivity index (χ3n) is 2.87. The molecule has 0 bridgehead atoms. The van der Waals surface area contributed by atoms with Crippen molar-refractivity contribution in [2.24, 2.45) is 7.05 Å². The third-order valence-corrected chi connectivity index (χ3v) is 3.52. The van der Waals surface area contributed by atoms with Gasteiger partial charge in [0.05, 0.1) is 22.5 Å². The Hall–Kier alpha value is -1.07. The van der Waals surface area contributed by atoms with Crippen LogP contribution >= 0.6 is 15.9 Å². The second-order valence-electron chi connectivity index (χ2n) is 4.36. The van der Waals surface area contributed by atoms with Gasteiger partial charge in [-0.15, -0.1) is 0 Å². The van der Waals surface area contributed by atoms with Crippen molar-refractivity contribution in [1.82, 2.24) is 15.1 Å². The van der Waals surface area contributed by atoms with Crippen molar-refractivity contribution in [3.8, 4) is 0 Å². The van der Waals surface area contributed by atoms with Crippen molar-refractivity contribution in [2.75, 3.05) is 6.54 Å². The maximum atomic E-state index is 5.60. The van der Waals surface area contributed by atoms with E-state index < -0.39 is 0 Å². The van der Waals surface area contributed by atoms with E-state index in [2.05, 4.69) is 33.3 Å². The van der Waals surface area contributed by atoms with Crippen LogP contribution in [0, 0.1) is 6.92 Å². The molecule has 0 aliphatic heterocycles. The van der Waals surface area contributed by atoms with E-state index >= 15 is 0 Å². The lowest BCUT2D eigenvalue weighted by molar-refractivity contribution is 0.443. The minimum atomic E-state index is 0.0445. The highest BCUT2D eigenvalue weighted by Gasteiger charge is 2.22. The van der Waals surface area contributed by atoms with Gasteiger partial charge < -0.3 is 9.73 Å². The molecule has 0 aromatic carbocycles. The molecule has 2 heterocycles. The largest absolute Gasteiger partial charge is 0.466 e. The molecule has 18 heavy (non-hydrogen) atoms. The molecule has 1 N–H and O–H groups in total.